The van der Waals surface area contributed by atoms with Crippen molar-refractivity contribution in [1.29, 1.82) is 0 Å². The summed E-state index contributed by atoms with van der Waals surface area (Å²) in [7, 11) is 4.28. The first-order chi connectivity index (χ1) is 2.27. The van der Waals surface area contributed by atoms with E-state index in [0.717, 1.165) is 0 Å². The smallest absolute Gasteiger partial charge is 0.340 e. The van der Waals surface area contributed by atoms with Crippen LogP contribution in [0.2, 0.25) is 0 Å². The Morgan fingerprint density at radius 3 is 1.50 bits per heavy atom. The molecule has 0 saturated carbocycles. The van der Waals surface area contributed by atoms with E-state index in [4.69, 9.17) is 0 Å². The second kappa shape index (κ2) is 5.76. The first-order valence-electron chi connectivity index (χ1n) is 2.06. The summed E-state index contributed by atoms with van der Waals surface area (Å²) >= 11 is 0. The second-order valence-electron chi connectivity index (χ2n) is 1.56. The third-order valence-electron chi connectivity index (χ3n) is 0.707. The van der Waals surface area contributed by atoms with Gasteiger partial charge in [-0.1, -0.05) is 0 Å². The zero-order valence-electron chi connectivity index (χ0n) is 4.71. The molecule has 0 aliphatic rings. The van der Waals surface area contributed by atoms with Gasteiger partial charge in [-0.2, -0.15) is 0 Å². The number of quaternary nitrogens is 1. The molecule has 0 aromatic heterocycles. The zero-order valence-corrected chi connectivity index (χ0v) is 7.56. The van der Waals surface area contributed by atoms with Crippen LogP contribution in [0.15, 0.2) is 0 Å². The van der Waals surface area contributed by atoms with Crippen LogP contribution in [0.25, 0.3) is 0 Å². The molecule has 0 heterocycles. The van der Waals surface area contributed by atoms with Crippen LogP contribution in [0.3, 0.4) is 0 Å². The third kappa shape index (κ3) is 8.83. The average molecular weight is 193 g/mol. The van der Waals surface area contributed by atoms with Crippen molar-refractivity contribution < 1.29 is 4.90 Å². The molecular formula is C4H12NSn+5. The standard InChI is InChI=1S/C4H11N.Sn/c1-4-5(2)3;/h4H2,1-3H3;/q;+4/p+1. The van der Waals surface area contributed by atoms with E-state index >= 15 is 0 Å². The predicted molar refractivity (Wildman–Crippen MR) is 29.1 cm³/mol. The average Bonchev–Trinajstić information content (AvgIpc) is 1.38. The fourth-order valence-electron chi connectivity index (χ4n) is 0. The molecule has 0 amide bonds. The SMILES string of the molecule is CC[NH+](C)C.[Sn+4]. The van der Waals surface area contributed by atoms with Crippen molar-refractivity contribution in [1.82, 2.24) is 0 Å². The van der Waals surface area contributed by atoms with Gasteiger partial charge in [-0.25, -0.2) is 0 Å². The fraction of sp³-hybridized carbons (Fsp3) is 1.00. The largest absolute Gasteiger partial charge is 4.00 e. The predicted octanol–water partition coefficient (Wildman–Crippen LogP) is -1.23. The topological polar surface area (TPSA) is 4.44 Å². The van der Waals surface area contributed by atoms with Gasteiger partial charge < -0.3 is 4.90 Å². The number of nitrogens with one attached hydrogen (secondary N) is 1. The molecule has 0 aliphatic heterocycles. The Hall–Kier alpha value is 0.759. The molecule has 0 radical (unpaired) electrons. The van der Waals surface area contributed by atoms with Crippen LogP contribution < -0.4 is 4.90 Å². The van der Waals surface area contributed by atoms with E-state index in [1.165, 1.54) is 11.4 Å². The molecule has 1 nitrogen and oxygen atoms in total. The van der Waals surface area contributed by atoms with Crippen molar-refractivity contribution in [3.05, 3.63) is 0 Å². The van der Waals surface area contributed by atoms with E-state index in [2.05, 4.69) is 21.0 Å². The number of hydrogen-bond acceptors (Lipinski definition) is 0. The van der Waals surface area contributed by atoms with Gasteiger partial charge in [-0.3, -0.25) is 0 Å². The third-order valence-corrected chi connectivity index (χ3v) is 0.707. The molecule has 1 N–H and O–H groups in total. The minimum absolute atomic E-state index is 0. The molecule has 0 saturated heterocycles. The Morgan fingerprint density at radius 2 is 1.50 bits per heavy atom. The maximum absolute atomic E-state index is 2.16. The number of rotatable bonds is 1. The van der Waals surface area contributed by atoms with Crippen LogP contribution >= 0.6 is 0 Å². The molecule has 0 spiro atoms. The van der Waals surface area contributed by atoms with Gasteiger partial charge in [-0.15, -0.1) is 0 Å². The van der Waals surface area contributed by atoms with Crippen molar-refractivity contribution in [2.75, 3.05) is 20.6 Å². The van der Waals surface area contributed by atoms with E-state index in [1.807, 2.05) is 0 Å². The van der Waals surface area contributed by atoms with E-state index in [1.54, 1.807) is 0 Å². The van der Waals surface area contributed by atoms with Crippen molar-refractivity contribution in [2.45, 2.75) is 6.92 Å². The van der Waals surface area contributed by atoms with Gasteiger partial charge in [0.25, 0.3) is 0 Å². The van der Waals surface area contributed by atoms with Gasteiger partial charge in [0.05, 0.1) is 20.6 Å². The molecule has 0 fully saturated rings. The van der Waals surface area contributed by atoms with Crippen molar-refractivity contribution >= 4 is 23.9 Å². The van der Waals surface area contributed by atoms with E-state index < -0.39 is 0 Å². The van der Waals surface area contributed by atoms with Crippen LogP contribution in [-0.4, -0.2) is 44.5 Å². The maximum atomic E-state index is 2.16. The maximum Gasteiger partial charge on any atom is 4.00 e. The van der Waals surface area contributed by atoms with Gasteiger partial charge in [0.2, 0.25) is 0 Å². The Bertz CT molecular complexity index is 21.5. The summed E-state index contributed by atoms with van der Waals surface area (Å²) in [6.07, 6.45) is 0. The summed E-state index contributed by atoms with van der Waals surface area (Å²) in [6.45, 7) is 3.38. The molecule has 0 aromatic carbocycles. The van der Waals surface area contributed by atoms with Crippen LogP contribution in [0, 0.1) is 0 Å². The summed E-state index contributed by atoms with van der Waals surface area (Å²) in [5, 5.41) is 0. The summed E-state index contributed by atoms with van der Waals surface area (Å²) in [6, 6.07) is 0. The van der Waals surface area contributed by atoms with Crippen molar-refractivity contribution in [2.24, 2.45) is 0 Å². The number of hydrogen-bond donors (Lipinski definition) is 1. The van der Waals surface area contributed by atoms with E-state index in [0.29, 0.717) is 0 Å². The molecule has 0 unspecified atom stereocenters. The molecule has 32 valence electrons. The van der Waals surface area contributed by atoms with Crippen molar-refractivity contribution in [3.63, 3.8) is 0 Å². The van der Waals surface area contributed by atoms with Gasteiger partial charge >= 0.3 is 23.9 Å². The monoisotopic (exact) mass is 194 g/mol. The van der Waals surface area contributed by atoms with Crippen molar-refractivity contribution in [3.8, 4) is 0 Å². The minimum Gasteiger partial charge on any atom is -0.340 e. The van der Waals surface area contributed by atoms with Crippen LogP contribution in [0.4, 0.5) is 0 Å². The molecule has 0 aromatic rings. The first kappa shape index (κ1) is 9.90. The normalized spacial score (nSPS) is 8.00. The minimum atomic E-state index is 0. The fourth-order valence-corrected chi connectivity index (χ4v) is 0. The van der Waals surface area contributed by atoms with Gasteiger partial charge in [-0.05, 0) is 6.92 Å². The molecule has 0 atom stereocenters. The van der Waals surface area contributed by atoms with Gasteiger partial charge in [0, 0.05) is 0 Å². The molecule has 2 heteroatoms. The summed E-state index contributed by atoms with van der Waals surface area (Å²) in [4.78, 5) is 1.50. The molecule has 0 rings (SSSR count). The zero-order chi connectivity index (χ0) is 4.28. The van der Waals surface area contributed by atoms with Crippen LogP contribution in [0.5, 0.6) is 0 Å². The Labute approximate surface area is 56.7 Å². The molecular weight excluding hydrogens is 181 g/mol. The van der Waals surface area contributed by atoms with Gasteiger partial charge in [0.15, 0.2) is 0 Å². The molecule has 0 aliphatic carbocycles. The van der Waals surface area contributed by atoms with Gasteiger partial charge in [0.1, 0.15) is 0 Å². The quantitative estimate of drug-likeness (QED) is 0.497. The summed E-state index contributed by atoms with van der Waals surface area (Å²) < 4.78 is 0. The first-order valence-corrected chi connectivity index (χ1v) is 2.06. The van der Waals surface area contributed by atoms with E-state index in [9.17, 15) is 0 Å². The summed E-state index contributed by atoms with van der Waals surface area (Å²) in [5.41, 5.74) is 0. The Kier molecular flexibility index (Phi) is 9.50. The Morgan fingerprint density at radius 1 is 1.33 bits per heavy atom. The van der Waals surface area contributed by atoms with E-state index in [-0.39, 0.29) is 23.9 Å². The Balaban J connectivity index is 0. The van der Waals surface area contributed by atoms with Crippen LogP contribution in [-0.2, 0) is 0 Å². The molecule has 0 bridgehead atoms. The van der Waals surface area contributed by atoms with Crippen LogP contribution in [0.1, 0.15) is 6.92 Å². The summed E-state index contributed by atoms with van der Waals surface area (Å²) in [5.74, 6) is 0. The second-order valence-corrected chi connectivity index (χ2v) is 1.56. The molecule has 6 heavy (non-hydrogen) atoms.